The smallest absolute Gasteiger partial charge is 0.118 e. The van der Waals surface area contributed by atoms with Gasteiger partial charge in [0.15, 0.2) is 0 Å². The monoisotopic (exact) mass is 314 g/mol. The van der Waals surface area contributed by atoms with Crippen LogP contribution in [0.25, 0.3) is 5.57 Å². The van der Waals surface area contributed by atoms with E-state index in [1.807, 2.05) is 12.1 Å². The lowest BCUT2D eigenvalue weighted by atomic mass is 9.91. The largest absolute Gasteiger partial charge is 0.497 e. The minimum Gasteiger partial charge on any atom is -0.497 e. The second kappa shape index (κ2) is 7.65. The van der Waals surface area contributed by atoms with Gasteiger partial charge in [-0.1, -0.05) is 85.8 Å². The Morgan fingerprint density at radius 2 is 1.25 bits per heavy atom. The zero-order chi connectivity index (χ0) is 16.8. The summed E-state index contributed by atoms with van der Waals surface area (Å²) in [5, 5.41) is 0. The maximum Gasteiger partial charge on any atom is 0.118 e. The van der Waals surface area contributed by atoms with Crippen molar-refractivity contribution in [2.75, 3.05) is 7.11 Å². The van der Waals surface area contributed by atoms with Gasteiger partial charge >= 0.3 is 0 Å². The van der Waals surface area contributed by atoms with Gasteiger partial charge in [0.05, 0.1) is 7.11 Å². The van der Waals surface area contributed by atoms with Crippen molar-refractivity contribution in [1.82, 2.24) is 0 Å². The van der Waals surface area contributed by atoms with E-state index in [4.69, 9.17) is 4.74 Å². The third-order valence-corrected chi connectivity index (χ3v) is 4.23. The Labute approximate surface area is 144 Å². The Balaban J connectivity index is 1.99. The van der Waals surface area contributed by atoms with Crippen LogP contribution < -0.4 is 4.74 Å². The van der Waals surface area contributed by atoms with Crippen molar-refractivity contribution in [1.29, 1.82) is 0 Å². The Hall–Kier alpha value is -2.80. The molecule has 0 saturated heterocycles. The van der Waals surface area contributed by atoms with E-state index in [0.29, 0.717) is 5.92 Å². The van der Waals surface area contributed by atoms with Gasteiger partial charge in [0.2, 0.25) is 0 Å². The van der Waals surface area contributed by atoms with E-state index in [-0.39, 0.29) is 0 Å². The zero-order valence-electron chi connectivity index (χ0n) is 14.1. The molecule has 1 heteroatoms. The number of hydrogen-bond donors (Lipinski definition) is 0. The van der Waals surface area contributed by atoms with E-state index >= 15 is 0 Å². The highest BCUT2D eigenvalue weighted by molar-refractivity contribution is 5.80. The molecule has 120 valence electrons. The third-order valence-electron chi connectivity index (χ3n) is 4.23. The molecule has 0 saturated carbocycles. The maximum absolute atomic E-state index is 5.25. The first-order chi connectivity index (χ1) is 11.8. The van der Waals surface area contributed by atoms with Crippen LogP contribution in [0.1, 0.15) is 29.5 Å². The molecular weight excluding hydrogens is 292 g/mol. The minimum absolute atomic E-state index is 0.311. The molecule has 3 rings (SSSR count). The van der Waals surface area contributed by atoms with E-state index in [1.54, 1.807) is 7.11 Å². The molecule has 24 heavy (non-hydrogen) atoms. The van der Waals surface area contributed by atoms with Gasteiger partial charge in [0.25, 0.3) is 0 Å². The van der Waals surface area contributed by atoms with Crippen LogP contribution in [0.4, 0.5) is 0 Å². The lowest BCUT2D eigenvalue weighted by Gasteiger charge is -2.14. The van der Waals surface area contributed by atoms with Crippen LogP contribution in [0.15, 0.2) is 91.0 Å². The van der Waals surface area contributed by atoms with Crippen molar-refractivity contribution < 1.29 is 4.74 Å². The molecule has 0 N–H and O–H groups in total. The molecule has 1 atom stereocenters. The van der Waals surface area contributed by atoms with Crippen molar-refractivity contribution in [3.8, 4) is 5.75 Å². The van der Waals surface area contributed by atoms with Crippen molar-refractivity contribution in [3.05, 3.63) is 108 Å². The van der Waals surface area contributed by atoms with Gasteiger partial charge < -0.3 is 4.74 Å². The van der Waals surface area contributed by atoms with E-state index in [9.17, 15) is 0 Å². The van der Waals surface area contributed by atoms with E-state index in [1.165, 1.54) is 22.3 Å². The molecule has 0 aliphatic carbocycles. The topological polar surface area (TPSA) is 9.23 Å². The molecule has 0 radical (unpaired) electrons. The predicted molar refractivity (Wildman–Crippen MR) is 101 cm³/mol. The van der Waals surface area contributed by atoms with Crippen LogP contribution in [-0.2, 0) is 0 Å². The molecule has 3 aromatic rings. The summed E-state index contributed by atoms with van der Waals surface area (Å²) in [5.41, 5.74) is 5.02. The first-order valence-electron chi connectivity index (χ1n) is 8.24. The predicted octanol–water partition coefficient (Wildman–Crippen LogP) is 5.93. The maximum atomic E-state index is 5.25. The molecule has 0 unspecified atom stereocenters. The van der Waals surface area contributed by atoms with Crippen molar-refractivity contribution in [3.63, 3.8) is 0 Å². The van der Waals surface area contributed by atoms with Gasteiger partial charge in [-0.25, -0.2) is 0 Å². The van der Waals surface area contributed by atoms with Crippen LogP contribution in [-0.4, -0.2) is 7.11 Å². The summed E-state index contributed by atoms with van der Waals surface area (Å²) in [6.45, 7) is 2.23. The second-order valence-corrected chi connectivity index (χ2v) is 5.87. The van der Waals surface area contributed by atoms with Gasteiger partial charge in [0, 0.05) is 0 Å². The Morgan fingerprint density at radius 1 is 0.750 bits per heavy atom. The van der Waals surface area contributed by atoms with Crippen LogP contribution in [0.2, 0.25) is 0 Å². The molecule has 0 aliphatic heterocycles. The molecule has 0 aliphatic rings. The van der Waals surface area contributed by atoms with E-state index in [2.05, 4.69) is 85.8 Å². The molecule has 0 bridgehead atoms. The minimum atomic E-state index is 0.311. The fraction of sp³-hybridized carbons (Fsp3) is 0.130. The SMILES string of the molecule is COc1ccc([C@@H](C)C=C(c2ccccc2)c2ccccc2)cc1. The lowest BCUT2D eigenvalue weighted by Crippen LogP contribution is -1.94. The summed E-state index contributed by atoms with van der Waals surface area (Å²) in [5.74, 6) is 1.20. The van der Waals surface area contributed by atoms with Crippen molar-refractivity contribution in [2.24, 2.45) is 0 Å². The number of ether oxygens (including phenoxy) is 1. The van der Waals surface area contributed by atoms with Crippen LogP contribution in [0.3, 0.4) is 0 Å². The van der Waals surface area contributed by atoms with Gasteiger partial charge in [-0.15, -0.1) is 0 Å². The van der Waals surface area contributed by atoms with Gasteiger partial charge in [-0.05, 0) is 40.3 Å². The molecular formula is C23H22O. The van der Waals surface area contributed by atoms with Crippen molar-refractivity contribution >= 4 is 5.57 Å². The zero-order valence-corrected chi connectivity index (χ0v) is 14.1. The Bertz CT molecular complexity index is 745. The van der Waals surface area contributed by atoms with Gasteiger partial charge in [-0.2, -0.15) is 0 Å². The summed E-state index contributed by atoms with van der Waals surface area (Å²) < 4.78 is 5.25. The molecule has 0 heterocycles. The number of rotatable bonds is 5. The van der Waals surface area contributed by atoms with Gasteiger partial charge in [-0.3, -0.25) is 0 Å². The summed E-state index contributed by atoms with van der Waals surface area (Å²) in [6, 6.07) is 29.4. The highest BCUT2D eigenvalue weighted by atomic mass is 16.5. The normalized spacial score (nSPS) is 11.6. The van der Waals surface area contributed by atoms with Crippen LogP contribution in [0.5, 0.6) is 5.75 Å². The Kier molecular flexibility index (Phi) is 5.12. The summed E-state index contributed by atoms with van der Waals surface area (Å²) in [6.07, 6.45) is 2.34. The standard InChI is InChI=1S/C23H22O/c1-18(19-13-15-22(24-2)16-14-19)17-23(20-9-5-3-6-10-20)21-11-7-4-8-12-21/h3-18H,1-2H3/t18-/m0/s1. The van der Waals surface area contributed by atoms with Crippen molar-refractivity contribution in [2.45, 2.75) is 12.8 Å². The number of hydrogen-bond acceptors (Lipinski definition) is 1. The van der Waals surface area contributed by atoms with Gasteiger partial charge in [0.1, 0.15) is 5.75 Å². The number of methoxy groups -OCH3 is 1. The second-order valence-electron chi connectivity index (χ2n) is 5.87. The van der Waals surface area contributed by atoms with E-state index in [0.717, 1.165) is 5.75 Å². The average molecular weight is 314 g/mol. The molecule has 0 spiro atoms. The Morgan fingerprint density at radius 3 is 1.71 bits per heavy atom. The average Bonchev–Trinajstić information content (AvgIpc) is 2.67. The van der Waals surface area contributed by atoms with E-state index < -0.39 is 0 Å². The number of benzene rings is 3. The third kappa shape index (κ3) is 3.75. The summed E-state index contributed by atoms with van der Waals surface area (Å²) >= 11 is 0. The first-order valence-corrected chi connectivity index (χ1v) is 8.24. The molecule has 1 nitrogen and oxygen atoms in total. The molecule has 3 aromatic carbocycles. The van der Waals surface area contributed by atoms with Crippen LogP contribution in [0, 0.1) is 0 Å². The molecule has 0 amide bonds. The summed E-state index contributed by atoms with van der Waals surface area (Å²) in [4.78, 5) is 0. The highest BCUT2D eigenvalue weighted by Crippen LogP contribution is 2.29. The lowest BCUT2D eigenvalue weighted by molar-refractivity contribution is 0.414. The first kappa shape index (κ1) is 16.1. The highest BCUT2D eigenvalue weighted by Gasteiger charge is 2.09. The fourth-order valence-electron chi connectivity index (χ4n) is 2.85. The fourth-order valence-corrected chi connectivity index (χ4v) is 2.85. The molecule has 0 aromatic heterocycles. The molecule has 0 fully saturated rings. The number of allylic oxidation sites excluding steroid dienone is 1. The van der Waals surface area contributed by atoms with Crippen LogP contribution >= 0.6 is 0 Å². The summed E-state index contributed by atoms with van der Waals surface area (Å²) in [7, 11) is 1.70. The quantitative estimate of drug-likeness (QED) is 0.567.